The molecule has 0 fully saturated rings. The molecule has 5 radical (unpaired) electrons. The predicted molar refractivity (Wildman–Crippen MR) is 392 cm³/mol. The molecule has 485 valence electrons. The van der Waals surface area contributed by atoms with E-state index < -0.39 is 0 Å². The van der Waals surface area contributed by atoms with Crippen molar-refractivity contribution in [3.63, 3.8) is 0 Å². The topological polar surface area (TPSA) is 46.2 Å². The molecule has 10 aromatic carbocycles. The van der Waals surface area contributed by atoms with Crippen molar-refractivity contribution in [2.75, 3.05) is 33.0 Å². The van der Waals surface area contributed by atoms with Gasteiger partial charge in [-0.3, -0.25) is 23.5 Å². The molecule has 0 spiro atoms. The average molecular weight is 1370 g/mol. The van der Waals surface area contributed by atoms with Crippen LogP contribution in [-0.4, -0.2) is 33.0 Å². The van der Waals surface area contributed by atoms with Gasteiger partial charge in [-0.25, -0.2) is 0 Å². The van der Waals surface area contributed by atoms with Gasteiger partial charge in [-0.05, 0) is 277 Å². The summed E-state index contributed by atoms with van der Waals surface area (Å²) in [7, 11) is 0. The van der Waals surface area contributed by atoms with Crippen molar-refractivity contribution < 1.29 is 47.2 Å². The fourth-order valence-corrected chi connectivity index (χ4v) is 8.10. The highest BCUT2D eigenvalue weighted by Crippen LogP contribution is 2.18. The van der Waals surface area contributed by atoms with Crippen LogP contribution in [0.5, 0.6) is 28.7 Å². The molecule has 0 aliphatic heterocycles. The van der Waals surface area contributed by atoms with Gasteiger partial charge in [0.05, 0.1) is 33.0 Å². The molecule has 0 heterocycles. The van der Waals surface area contributed by atoms with Crippen LogP contribution < -0.4 is 23.7 Å². The zero-order chi connectivity index (χ0) is 64.0. The Hall–Kier alpha value is -10.3. The Morgan fingerprint density at radius 1 is 0.179 bits per heavy atom. The van der Waals surface area contributed by atoms with Gasteiger partial charge in [0.15, 0.2) is 0 Å². The maximum absolute atomic E-state index is 5.38. The number of hydrogen-bond acceptors (Lipinski definition) is 5. The molecule has 15 heteroatoms. The molecule has 0 amide bonds. The summed E-state index contributed by atoms with van der Waals surface area (Å²) in [4.78, 5) is 4.17. The zero-order valence-corrected chi connectivity index (χ0v) is 56.8. The summed E-state index contributed by atoms with van der Waals surface area (Å²) in [5.41, 5.74) is 9.71. The van der Waals surface area contributed by atoms with E-state index >= 15 is 0 Å². The Balaban J connectivity index is 0.000000586. The van der Waals surface area contributed by atoms with Gasteiger partial charge in [0.25, 0.3) is 0 Å². The molecule has 0 saturated carbocycles. The molecule has 0 unspecified atom stereocenters. The van der Waals surface area contributed by atoms with E-state index in [1.165, 1.54) is 0 Å². The standard InChI is InChI=1S/5C16H13OS.5FH/c5*1-2-17-15-9-5-13(6-10-15)3-4-14-7-11-16(18)12-8-14;;;;;/h5*5-12H,2H2,1H3;5*1H. The third-order valence-electron chi connectivity index (χ3n) is 11.9. The van der Waals surface area contributed by atoms with E-state index in [9.17, 15) is 0 Å². The summed E-state index contributed by atoms with van der Waals surface area (Å²) >= 11 is 25.1. The normalized spacial score (nSPS) is 8.89. The summed E-state index contributed by atoms with van der Waals surface area (Å²) < 4.78 is 26.9. The second kappa shape index (κ2) is 47.6. The fraction of sp³-hybridized carbons (Fsp3) is 0.125. The van der Waals surface area contributed by atoms with Gasteiger partial charge < -0.3 is 23.7 Å². The molecule has 0 atom stereocenters. The summed E-state index contributed by atoms with van der Waals surface area (Å²) in [6.07, 6.45) is 0. The van der Waals surface area contributed by atoms with E-state index in [1.54, 1.807) is 0 Å². The lowest BCUT2D eigenvalue weighted by atomic mass is 10.2. The highest BCUT2D eigenvalue weighted by molar-refractivity contribution is 7.81. The molecule has 0 aliphatic rings. The quantitative estimate of drug-likeness (QED) is 0.101. The van der Waals surface area contributed by atoms with E-state index in [-0.39, 0.29) is 23.5 Å². The molecule has 10 rings (SSSR count). The Morgan fingerprint density at radius 2 is 0.274 bits per heavy atom. The highest BCUT2D eigenvalue weighted by atomic mass is 32.1. The summed E-state index contributed by atoms with van der Waals surface area (Å²) in [6.45, 7) is 13.2. The van der Waals surface area contributed by atoms with E-state index in [4.69, 9.17) is 86.8 Å². The van der Waals surface area contributed by atoms with Gasteiger partial charge in [0, 0.05) is 80.1 Å². The third kappa shape index (κ3) is 33.2. The van der Waals surface area contributed by atoms with Crippen LogP contribution in [0.3, 0.4) is 0 Å². The van der Waals surface area contributed by atoms with Gasteiger partial charge in [0.1, 0.15) is 28.7 Å². The van der Waals surface area contributed by atoms with Crippen LogP contribution in [0.2, 0.25) is 0 Å². The first-order valence-electron chi connectivity index (χ1n) is 29.0. The third-order valence-corrected chi connectivity index (χ3v) is 13.2. The van der Waals surface area contributed by atoms with Crippen molar-refractivity contribution in [1.82, 2.24) is 0 Å². The molecular weight excluding hydrogens is 1300 g/mol. The largest absolute Gasteiger partial charge is 0.494 e. The molecule has 5 nitrogen and oxygen atoms in total. The predicted octanol–water partition coefficient (Wildman–Crippen LogP) is 21.0. The highest BCUT2D eigenvalue weighted by Gasteiger charge is 1.98. The minimum absolute atomic E-state index is 0. The minimum atomic E-state index is 0. The van der Waals surface area contributed by atoms with Crippen LogP contribution in [-0.2, 0) is 0 Å². The minimum Gasteiger partial charge on any atom is -0.494 e. The fourth-order valence-electron chi connectivity index (χ4n) is 7.42. The first-order chi connectivity index (χ1) is 43.9. The summed E-state index contributed by atoms with van der Waals surface area (Å²) in [5.74, 6) is 35.4. The van der Waals surface area contributed by atoms with Crippen molar-refractivity contribution in [3.05, 3.63) is 298 Å². The second-order valence-electron chi connectivity index (χ2n) is 18.7. The van der Waals surface area contributed by atoms with E-state index in [2.05, 4.69) is 59.2 Å². The summed E-state index contributed by atoms with van der Waals surface area (Å²) in [5, 5.41) is 0. The smallest absolute Gasteiger partial charge is 0.119 e. The van der Waals surface area contributed by atoms with Crippen molar-refractivity contribution >= 4 is 63.1 Å². The van der Waals surface area contributed by atoms with E-state index in [1.807, 2.05) is 277 Å². The lowest BCUT2D eigenvalue weighted by molar-refractivity contribution is 0.340. The number of hydrogen-bond donors (Lipinski definition) is 0. The van der Waals surface area contributed by atoms with Crippen LogP contribution in [0.1, 0.15) is 90.3 Å². The summed E-state index contributed by atoms with van der Waals surface area (Å²) in [6, 6.07) is 77.1. The SMILES string of the molecule is CCOc1ccc(C#Cc2ccc([S])cc2)cc1.CCOc1ccc(C#Cc2ccc([S])cc2)cc1.CCOc1ccc(C#Cc2ccc([S])cc2)cc1.CCOc1ccc(C#Cc2ccc([S])cc2)cc1.CCOc1ccc(C#Cc2ccc([S])cc2)cc1.F.F.F.F.F. The molecule has 0 aliphatic carbocycles. The van der Waals surface area contributed by atoms with Crippen molar-refractivity contribution in [2.45, 2.75) is 59.1 Å². The lowest BCUT2D eigenvalue weighted by Crippen LogP contribution is -1.90. The number of halogens is 5. The Morgan fingerprint density at radius 3 is 0.368 bits per heavy atom. The maximum Gasteiger partial charge on any atom is 0.119 e. The van der Waals surface area contributed by atoms with Gasteiger partial charge in [-0.1, -0.05) is 122 Å². The average Bonchev–Trinajstić information content (AvgIpc) is 3.77. The zero-order valence-electron chi connectivity index (χ0n) is 52.8. The molecule has 0 N–H and O–H groups in total. The number of ether oxygens (including phenoxy) is 5. The van der Waals surface area contributed by atoms with E-state index in [0.717, 1.165) is 109 Å². The van der Waals surface area contributed by atoms with E-state index in [0.29, 0.717) is 33.0 Å². The number of rotatable bonds is 10. The lowest BCUT2D eigenvalue weighted by Gasteiger charge is -2.01. The van der Waals surface area contributed by atoms with Crippen molar-refractivity contribution in [2.24, 2.45) is 0 Å². The molecule has 0 aromatic heterocycles. The first kappa shape index (κ1) is 82.8. The maximum atomic E-state index is 5.38. The van der Waals surface area contributed by atoms with Crippen molar-refractivity contribution in [1.29, 1.82) is 0 Å². The number of benzene rings is 10. The molecule has 0 saturated heterocycles. The molecular formula is C80H70F5O5S5. The van der Waals surface area contributed by atoms with Gasteiger partial charge in [-0.2, -0.15) is 0 Å². The molecule has 95 heavy (non-hydrogen) atoms. The molecule has 0 bridgehead atoms. The molecule has 10 aromatic rings. The Kier molecular flexibility index (Phi) is 41.5. The second-order valence-corrected chi connectivity index (χ2v) is 21.0. The van der Waals surface area contributed by atoms with Crippen LogP contribution in [0.4, 0.5) is 23.5 Å². The van der Waals surface area contributed by atoms with Crippen LogP contribution in [0.15, 0.2) is 267 Å². The van der Waals surface area contributed by atoms with Gasteiger partial charge in [-0.15, -0.1) is 0 Å². The Bertz CT molecular complexity index is 3450. The first-order valence-corrected chi connectivity index (χ1v) is 31.0. The van der Waals surface area contributed by atoms with Gasteiger partial charge in [0.2, 0.25) is 0 Å². The Labute approximate surface area is 584 Å². The van der Waals surface area contributed by atoms with Crippen molar-refractivity contribution in [3.8, 4) is 88.0 Å². The van der Waals surface area contributed by atoms with Crippen LogP contribution >= 0.6 is 63.1 Å². The van der Waals surface area contributed by atoms with Gasteiger partial charge >= 0.3 is 0 Å². The van der Waals surface area contributed by atoms with Crippen LogP contribution in [0.25, 0.3) is 0 Å². The van der Waals surface area contributed by atoms with Crippen LogP contribution in [0, 0.1) is 59.2 Å². The monoisotopic (exact) mass is 1370 g/mol.